The second kappa shape index (κ2) is 9.82. The van der Waals surface area contributed by atoms with Crippen LogP contribution in [0.3, 0.4) is 0 Å². The fraction of sp³-hybridized carbons (Fsp3) is 0.786. The number of aryl methyl sites for hydroxylation is 2. The Hall–Kier alpha value is -0.780. The number of rotatable bonds is 7. The summed E-state index contributed by atoms with van der Waals surface area (Å²) in [6.07, 6.45) is 21.8. The van der Waals surface area contributed by atoms with E-state index < -0.39 is 0 Å². The SMILES string of the molecule is CCCCc1ccc2c(c1)CCC(C1CCC3C[C@H](CCCC)CC[C@@H]3C1)C2. The van der Waals surface area contributed by atoms with Crippen LogP contribution in [0.5, 0.6) is 0 Å². The highest BCUT2D eigenvalue weighted by atomic mass is 14.4. The molecule has 4 rings (SSSR count). The van der Waals surface area contributed by atoms with Gasteiger partial charge in [-0.1, -0.05) is 64.2 Å². The van der Waals surface area contributed by atoms with Gasteiger partial charge in [-0.05, 0) is 110 Å². The molecule has 0 aromatic heterocycles. The average Bonchev–Trinajstić information content (AvgIpc) is 2.75. The van der Waals surface area contributed by atoms with Crippen molar-refractivity contribution < 1.29 is 0 Å². The molecule has 3 unspecified atom stereocenters. The van der Waals surface area contributed by atoms with Crippen molar-refractivity contribution in [1.82, 2.24) is 0 Å². The normalized spacial score (nSPS) is 32.6. The van der Waals surface area contributed by atoms with Crippen LogP contribution in [-0.2, 0) is 19.3 Å². The Morgan fingerprint density at radius 3 is 2.32 bits per heavy atom. The summed E-state index contributed by atoms with van der Waals surface area (Å²) >= 11 is 0. The summed E-state index contributed by atoms with van der Waals surface area (Å²) in [7, 11) is 0. The fourth-order valence-electron chi connectivity index (χ4n) is 6.98. The summed E-state index contributed by atoms with van der Waals surface area (Å²) in [5.41, 5.74) is 4.97. The lowest BCUT2D eigenvalue weighted by Gasteiger charge is -2.45. The molecule has 0 N–H and O–H groups in total. The standard InChI is InChI=1S/C28H44/c1-3-5-7-21-9-11-25-19-27(15-13-23(25)17-21)28-16-14-24-18-22(8-6-4-2)10-12-26(24)20-28/h9,11,17,22,24,26-28H,3-8,10,12-16,18-20H2,1-2H3/t22-,24?,26-,27?,28?/m1/s1. The van der Waals surface area contributed by atoms with Crippen LogP contribution in [0, 0.1) is 29.6 Å². The first-order chi connectivity index (χ1) is 13.8. The third-order valence-corrected chi connectivity index (χ3v) is 8.75. The summed E-state index contributed by atoms with van der Waals surface area (Å²) in [4.78, 5) is 0. The maximum Gasteiger partial charge on any atom is -0.0245 e. The van der Waals surface area contributed by atoms with Gasteiger partial charge in [-0.3, -0.25) is 0 Å². The Morgan fingerprint density at radius 1 is 0.750 bits per heavy atom. The van der Waals surface area contributed by atoms with Crippen LogP contribution >= 0.6 is 0 Å². The molecular formula is C28H44. The molecule has 1 aromatic rings. The minimum atomic E-state index is 0.979. The highest BCUT2D eigenvalue weighted by Crippen LogP contribution is 2.49. The first kappa shape index (κ1) is 20.5. The van der Waals surface area contributed by atoms with E-state index in [1.165, 1.54) is 64.2 Å². The van der Waals surface area contributed by atoms with Gasteiger partial charge in [0.15, 0.2) is 0 Å². The topological polar surface area (TPSA) is 0 Å². The van der Waals surface area contributed by atoms with Crippen molar-refractivity contribution in [2.45, 2.75) is 110 Å². The van der Waals surface area contributed by atoms with Crippen molar-refractivity contribution in [1.29, 1.82) is 0 Å². The Bertz CT molecular complexity index is 614. The third-order valence-electron chi connectivity index (χ3n) is 8.75. The van der Waals surface area contributed by atoms with Crippen LogP contribution in [0.2, 0.25) is 0 Å². The number of unbranched alkanes of at least 4 members (excludes halogenated alkanes) is 2. The van der Waals surface area contributed by atoms with Crippen LogP contribution in [0.25, 0.3) is 0 Å². The highest BCUT2D eigenvalue weighted by Gasteiger charge is 2.38. The van der Waals surface area contributed by atoms with Gasteiger partial charge in [0.05, 0.1) is 0 Å². The molecule has 3 aliphatic carbocycles. The van der Waals surface area contributed by atoms with Gasteiger partial charge in [0.2, 0.25) is 0 Å². The number of hydrogen-bond donors (Lipinski definition) is 0. The minimum absolute atomic E-state index is 0.979. The maximum absolute atomic E-state index is 2.55. The zero-order valence-corrected chi connectivity index (χ0v) is 18.7. The molecule has 5 atom stereocenters. The van der Waals surface area contributed by atoms with Crippen LogP contribution in [0.1, 0.15) is 108 Å². The third kappa shape index (κ3) is 4.85. The molecule has 2 saturated carbocycles. The zero-order chi connectivity index (χ0) is 19.3. The molecule has 0 nitrogen and oxygen atoms in total. The van der Waals surface area contributed by atoms with Gasteiger partial charge in [-0.25, -0.2) is 0 Å². The van der Waals surface area contributed by atoms with Gasteiger partial charge in [-0.15, -0.1) is 0 Å². The van der Waals surface area contributed by atoms with Gasteiger partial charge < -0.3 is 0 Å². The van der Waals surface area contributed by atoms with Crippen LogP contribution in [-0.4, -0.2) is 0 Å². The Kier molecular flexibility index (Phi) is 7.18. The van der Waals surface area contributed by atoms with Gasteiger partial charge >= 0.3 is 0 Å². The molecule has 28 heavy (non-hydrogen) atoms. The highest BCUT2D eigenvalue weighted by molar-refractivity contribution is 5.34. The van der Waals surface area contributed by atoms with Crippen molar-refractivity contribution in [3.8, 4) is 0 Å². The second-order valence-electron chi connectivity index (χ2n) is 10.6. The van der Waals surface area contributed by atoms with Crippen molar-refractivity contribution in [3.05, 3.63) is 34.9 Å². The second-order valence-corrected chi connectivity index (χ2v) is 10.6. The van der Waals surface area contributed by atoms with E-state index in [0.717, 1.165) is 29.6 Å². The predicted molar refractivity (Wildman–Crippen MR) is 122 cm³/mol. The number of fused-ring (bicyclic) bond motifs is 2. The summed E-state index contributed by atoms with van der Waals surface area (Å²) < 4.78 is 0. The predicted octanol–water partition coefficient (Wildman–Crippen LogP) is 8.16. The maximum atomic E-state index is 2.55. The lowest BCUT2D eigenvalue weighted by atomic mass is 9.61. The molecule has 0 radical (unpaired) electrons. The van der Waals surface area contributed by atoms with Crippen LogP contribution in [0.4, 0.5) is 0 Å². The Balaban J connectivity index is 1.31. The zero-order valence-electron chi connectivity index (χ0n) is 18.7. The van der Waals surface area contributed by atoms with Gasteiger partial charge in [-0.2, -0.15) is 0 Å². The Morgan fingerprint density at radius 2 is 1.50 bits per heavy atom. The van der Waals surface area contributed by atoms with E-state index in [4.69, 9.17) is 0 Å². The first-order valence-electron chi connectivity index (χ1n) is 12.9. The van der Waals surface area contributed by atoms with Crippen molar-refractivity contribution >= 4 is 0 Å². The van der Waals surface area contributed by atoms with Gasteiger partial charge in [0, 0.05) is 0 Å². The van der Waals surface area contributed by atoms with E-state index in [1.54, 1.807) is 48.8 Å². The van der Waals surface area contributed by atoms with Crippen LogP contribution in [0.15, 0.2) is 18.2 Å². The number of hydrogen-bond acceptors (Lipinski definition) is 0. The van der Waals surface area contributed by atoms with E-state index in [2.05, 4.69) is 32.0 Å². The minimum Gasteiger partial charge on any atom is -0.0654 e. The van der Waals surface area contributed by atoms with E-state index in [0.29, 0.717) is 0 Å². The molecule has 0 amide bonds. The van der Waals surface area contributed by atoms with Gasteiger partial charge in [0.25, 0.3) is 0 Å². The molecule has 156 valence electrons. The van der Waals surface area contributed by atoms with E-state index >= 15 is 0 Å². The molecule has 0 heteroatoms. The molecule has 0 spiro atoms. The largest absolute Gasteiger partial charge is 0.0654 e. The van der Waals surface area contributed by atoms with E-state index in [9.17, 15) is 0 Å². The lowest BCUT2D eigenvalue weighted by Crippen LogP contribution is -2.35. The first-order valence-corrected chi connectivity index (χ1v) is 12.9. The molecule has 1 aromatic carbocycles. The quantitative estimate of drug-likeness (QED) is 0.447. The van der Waals surface area contributed by atoms with E-state index in [1.807, 2.05) is 0 Å². The molecule has 3 aliphatic rings. The number of benzene rings is 1. The summed E-state index contributed by atoms with van der Waals surface area (Å²) in [5, 5.41) is 0. The molecule has 0 saturated heterocycles. The van der Waals surface area contributed by atoms with E-state index in [-0.39, 0.29) is 0 Å². The van der Waals surface area contributed by atoms with Gasteiger partial charge in [0.1, 0.15) is 0 Å². The van der Waals surface area contributed by atoms with Crippen molar-refractivity contribution in [3.63, 3.8) is 0 Å². The monoisotopic (exact) mass is 380 g/mol. The summed E-state index contributed by atoms with van der Waals surface area (Å²) in [5.74, 6) is 5.24. The molecule has 0 bridgehead atoms. The summed E-state index contributed by atoms with van der Waals surface area (Å²) in [6.45, 7) is 4.65. The molecule has 0 heterocycles. The Labute approximate surface area is 174 Å². The molecular weight excluding hydrogens is 336 g/mol. The molecule has 0 aliphatic heterocycles. The van der Waals surface area contributed by atoms with Crippen LogP contribution < -0.4 is 0 Å². The van der Waals surface area contributed by atoms with Crippen molar-refractivity contribution in [2.24, 2.45) is 29.6 Å². The smallest absolute Gasteiger partial charge is 0.0245 e. The molecule has 2 fully saturated rings. The van der Waals surface area contributed by atoms with Crippen molar-refractivity contribution in [2.75, 3.05) is 0 Å². The average molecular weight is 381 g/mol. The lowest BCUT2D eigenvalue weighted by molar-refractivity contribution is 0.0691. The summed E-state index contributed by atoms with van der Waals surface area (Å²) in [6, 6.07) is 7.48. The fourth-order valence-corrected chi connectivity index (χ4v) is 6.98.